The lowest BCUT2D eigenvalue weighted by Gasteiger charge is -2.19. The summed E-state index contributed by atoms with van der Waals surface area (Å²) >= 11 is 0. The summed E-state index contributed by atoms with van der Waals surface area (Å²) < 4.78 is 33.2. The topological polar surface area (TPSA) is 134 Å². The molecule has 0 bridgehead atoms. The lowest BCUT2D eigenvalue weighted by Crippen LogP contribution is -2.29. The fourth-order valence-electron chi connectivity index (χ4n) is 11.6. The summed E-state index contributed by atoms with van der Waals surface area (Å²) in [6, 6.07) is 0. The van der Waals surface area contributed by atoms with Gasteiger partial charge in [-0.3, -0.25) is 18.6 Å². The summed E-state index contributed by atoms with van der Waals surface area (Å²) in [5.74, 6) is -0.842. The quantitative estimate of drug-likeness (QED) is 0.0264. The third kappa shape index (κ3) is 77.7. The average Bonchev–Trinajstić information content (AvgIpc) is 3.51. The molecule has 0 aliphatic heterocycles. The van der Waals surface area contributed by atoms with E-state index < -0.39 is 26.5 Å². The van der Waals surface area contributed by atoms with E-state index in [4.69, 9.17) is 24.3 Å². The van der Waals surface area contributed by atoms with Crippen LogP contribution in [-0.2, 0) is 32.7 Å². The van der Waals surface area contributed by atoms with Gasteiger partial charge in [-0.25, -0.2) is 4.57 Å². The van der Waals surface area contributed by atoms with Crippen LogP contribution < -0.4 is 5.73 Å². The number of ether oxygens (including phenoxy) is 2. The van der Waals surface area contributed by atoms with Gasteiger partial charge in [-0.2, -0.15) is 0 Å². The summed E-state index contributed by atoms with van der Waals surface area (Å²) in [6.07, 6.45) is 110. The zero-order valence-electron chi connectivity index (χ0n) is 61.4. The Bertz CT molecular complexity index is 1920. The number of carbonyl (C=O) groups is 2. The van der Waals surface area contributed by atoms with Crippen LogP contribution in [0, 0.1) is 0 Å². The van der Waals surface area contributed by atoms with Gasteiger partial charge in [-0.1, -0.05) is 393 Å². The molecule has 0 radical (unpaired) electrons. The Hall–Kier alpha value is -3.33. The number of phosphoric acid groups is 1. The van der Waals surface area contributed by atoms with Gasteiger partial charge >= 0.3 is 19.8 Å². The monoisotopic (exact) mass is 1330 g/mol. The van der Waals surface area contributed by atoms with Crippen molar-refractivity contribution in [3.63, 3.8) is 0 Å². The molecule has 2 atom stereocenters. The maximum atomic E-state index is 12.8. The molecule has 0 rings (SSSR count). The van der Waals surface area contributed by atoms with E-state index in [9.17, 15) is 19.0 Å². The molecule has 0 fully saturated rings. The Morgan fingerprint density at radius 2 is 0.585 bits per heavy atom. The van der Waals surface area contributed by atoms with Crippen LogP contribution in [-0.4, -0.2) is 49.3 Å². The van der Waals surface area contributed by atoms with Gasteiger partial charge in [0.2, 0.25) is 0 Å². The highest BCUT2D eigenvalue weighted by molar-refractivity contribution is 7.47. The van der Waals surface area contributed by atoms with Crippen LogP contribution in [0.1, 0.15) is 380 Å². The molecule has 10 heteroatoms. The van der Waals surface area contributed by atoms with Gasteiger partial charge in [0, 0.05) is 19.4 Å². The molecule has 0 saturated heterocycles. The minimum atomic E-state index is -4.41. The molecular weight excluding hydrogens is 1180 g/mol. The van der Waals surface area contributed by atoms with Crippen LogP contribution in [0.4, 0.5) is 0 Å². The van der Waals surface area contributed by atoms with Crippen molar-refractivity contribution in [2.75, 3.05) is 26.4 Å². The lowest BCUT2D eigenvalue weighted by molar-refractivity contribution is -0.161. The second kappa shape index (κ2) is 78.7. The van der Waals surface area contributed by atoms with Crippen LogP contribution in [0.15, 0.2) is 109 Å². The summed E-state index contributed by atoms with van der Waals surface area (Å²) in [5, 5.41) is 0. The van der Waals surface area contributed by atoms with E-state index in [1.54, 1.807) is 0 Å². The molecule has 0 aliphatic rings. The molecule has 94 heavy (non-hydrogen) atoms. The van der Waals surface area contributed by atoms with Gasteiger partial charge < -0.3 is 20.1 Å². The standard InChI is InChI=1S/C84H150NO8P/c1-3-5-7-9-11-13-15-17-19-21-23-25-27-29-31-33-35-37-38-39-40-41-42-43-45-46-48-50-52-54-56-58-60-62-64-66-68-70-72-74-76-83(86)90-80-82(81-92-94(88,89)91-79-78-85)93-84(87)77-75-73-71-69-67-65-63-61-59-57-55-53-51-49-47-44-36-34-32-30-28-26-24-22-20-18-16-14-12-10-8-6-4-2/h6,8,12,14,18,20,24,26,30,32,36,44,49,51,55,57,61,63,82H,3-5,7,9-11,13,15-17,19,21-23,25,27-29,31,33-35,37-43,45-48,50,52-54,56,58-60,62,64-81,85H2,1-2H3,(H,88,89)/b8-6-,14-12-,20-18-,26-24-,32-30-,44-36-,51-49-,57-55-,63-61-. The molecule has 0 heterocycles. The van der Waals surface area contributed by atoms with E-state index in [0.717, 1.165) is 109 Å². The van der Waals surface area contributed by atoms with Gasteiger partial charge in [0.05, 0.1) is 13.2 Å². The predicted octanol–water partition coefficient (Wildman–Crippen LogP) is 26.8. The maximum Gasteiger partial charge on any atom is 0.472 e. The van der Waals surface area contributed by atoms with Gasteiger partial charge in [0.15, 0.2) is 6.10 Å². The molecule has 3 N–H and O–H groups in total. The van der Waals surface area contributed by atoms with E-state index in [2.05, 4.69) is 123 Å². The summed E-state index contributed by atoms with van der Waals surface area (Å²) in [6.45, 7) is 3.65. The van der Waals surface area contributed by atoms with E-state index in [1.165, 1.54) is 238 Å². The highest BCUT2D eigenvalue weighted by Crippen LogP contribution is 2.43. The molecule has 0 aromatic carbocycles. The van der Waals surface area contributed by atoms with Crippen molar-refractivity contribution in [2.45, 2.75) is 386 Å². The Morgan fingerprint density at radius 1 is 0.330 bits per heavy atom. The highest BCUT2D eigenvalue weighted by atomic mass is 31.2. The Labute approximate surface area is 581 Å². The molecule has 0 spiro atoms. The first-order valence-electron chi connectivity index (χ1n) is 39.9. The van der Waals surface area contributed by atoms with Gasteiger partial charge in [-0.15, -0.1) is 0 Å². The number of phosphoric ester groups is 1. The number of allylic oxidation sites excluding steroid dienone is 18. The van der Waals surface area contributed by atoms with Crippen LogP contribution in [0.2, 0.25) is 0 Å². The van der Waals surface area contributed by atoms with Gasteiger partial charge in [0.25, 0.3) is 0 Å². The zero-order valence-corrected chi connectivity index (χ0v) is 62.3. The van der Waals surface area contributed by atoms with Crippen molar-refractivity contribution < 1.29 is 37.6 Å². The van der Waals surface area contributed by atoms with Crippen LogP contribution in [0.5, 0.6) is 0 Å². The second-order valence-corrected chi connectivity index (χ2v) is 28.0. The van der Waals surface area contributed by atoms with Crippen molar-refractivity contribution in [1.29, 1.82) is 0 Å². The first kappa shape index (κ1) is 90.7. The van der Waals surface area contributed by atoms with Crippen molar-refractivity contribution in [2.24, 2.45) is 5.73 Å². The molecule has 544 valence electrons. The van der Waals surface area contributed by atoms with Crippen LogP contribution in [0.25, 0.3) is 0 Å². The SMILES string of the molecule is CC/C=C\C/C=C\C/C=C\C/C=C\C/C=C\C/C=C\C/C=C\C/C=C\C/C=C\CCCCCCCC(=O)OC(COC(=O)CCCCCCCCCCCCCCCCCCCCCCCCCCCCCCCCCCCCCCCCCC)COP(=O)(O)OCCN. The average molecular weight is 1330 g/mol. The molecular formula is C84H150NO8P. The number of carbonyl (C=O) groups excluding carboxylic acids is 2. The van der Waals surface area contributed by atoms with Crippen LogP contribution in [0.3, 0.4) is 0 Å². The predicted molar refractivity (Wildman–Crippen MR) is 408 cm³/mol. The molecule has 0 amide bonds. The fourth-order valence-corrected chi connectivity index (χ4v) is 12.3. The number of esters is 2. The van der Waals surface area contributed by atoms with Crippen molar-refractivity contribution >= 4 is 19.8 Å². The van der Waals surface area contributed by atoms with E-state index in [1.807, 2.05) is 0 Å². The van der Waals surface area contributed by atoms with Gasteiger partial charge in [-0.05, 0) is 83.5 Å². The third-order valence-corrected chi connectivity index (χ3v) is 18.4. The third-order valence-electron chi connectivity index (χ3n) is 17.4. The number of nitrogens with two attached hydrogens (primary N) is 1. The Kier molecular flexibility index (Phi) is 75.9. The number of unbranched alkanes of at least 4 members (excludes halogenated alkanes) is 44. The highest BCUT2D eigenvalue weighted by Gasteiger charge is 2.26. The Balaban J connectivity index is 3.84. The van der Waals surface area contributed by atoms with Crippen molar-refractivity contribution in [3.8, 4) is 0 Å². The minimum absolute atomic E-state index is 0.0460. The van der Waals surface area contributed by atoms with E-state index in [0.29, 0.717) is 6.42 Å². The molecule has 0 saturated carbocycles. The number of hydrogen-bond acceptors (Lipinski definition) is 8. The van der Waals surface area contributed by atoms with Crippen LogP contribution >= 0.6 is 7.82 Å². The first-order valence-corrected chi connectivity index (χ1v) is 41.4. The fraction of sp³-hybridized carbons (Fsp3) is 0.762. The van der Waals surface area contributed by atoms with Crippen molar-refractivity contribution in [1.82, 2.24) is 0 Å². The summed E-state index contributed by atoms with van der Waals surface area (Å²) in [7, 11) is -4.41. The molecule has 9 nitrogen and oxygen atoms in total. The molecule has 0 aliphatic carbocycles. The first-order chi connectivity index (χ1) is 46.3. The normalized spacial score (nSPS) is 13.4. The lowest BCUT2D eigenvalue weighted by atomic mass is 10.0. The Morgan fingerprint density at radius 3 is 0.872 bits per heavy atom. The summed E-state index contributed by atoms with van der Waals surface area (Å²) in [4.78, 5) is 35.4. The largest absolute Gasteiger partial charge is 0.472 e. The van der Waals surface area contributed by atoms with Gasteiger partial charge in [0.1, 0.15) is 6.61 Å². The second-order valence-electron chi connectivity index (χ2n) is 26.6. The minimum Gasteiger partial charge on any atom is -0.462 e. The number of rotatable bonds is 75. The number of hydrogen-bond donors (Lipinski definition) is 2. The van der Waals surface area contributed by atoms with Crippen molar-refractivity contribution in [3.05, 3.63) is 109 Å². The zero-order chi connectivity index (χ0) is 67.9. The smallest absolute Gasteiger partial charge is 0.462 e. The maximum absolute atomic E-state index is 12.8. The summed E-state index contributed by atoms with van der Waals surface area (Å²) in [5.41, 5.74) is 5.41. The van der Waals surface area contributed by atoms with E-state index >= 15 is 0 Å². The molecule has 2 unspecified atom stereocenters. The molecule has 0 aromatic heterocycles. The van der Waals surface area contributed by atoms with E-state index in [-0.39, 0.29) is 38.6 Å². The molecule has 0 aromatic rings.